The lowest BCUT2D eigenvalue weighted by Crippen LogP contribution is -2.45. The highest BCUT2D eigenvalue weighted by Crippen LogP contribution is 2.40. The fourth-order valence-corrected chi connectivity index (χ4v) is 8.03. The predicted octanol–water partition coefficient (Wildman–Crippen LogP) is 7.88. The van der Waals surface area contributed by atoms with Crippen molar-refractivity contribution < 1.29 is 26.3 Å². The van der Waals surface area contributed by atoms with Crippen LogP contribution in [0.15, 0.2) is 59.8 Å². The summed E-state index contributed by atoms with van der Waals surface area (Å²) in [5, 5.41) is 4.91. The Hall–Kier alpha value is -3.65. The summed E-state index contributed by atoms with van der Waals surface area (Å²) in [5.41, 5.74) is 0.322. The first kappa shape index (κ1) is 33.3. The number of alkyl halides is 3. The minimum Gasteiger partial charge on any atom is -0.476 e. The number of halogens is 3. The number of thiazole rings is 1. The summed E-state index contributed by atoms with van der Waals surface area (Å²) in [7, 11) is -4.12. The van der Waals surface area contributed by atoms with Crippen molar-refractivity contribution >= 4 is 32.3 Å². The molecule has 1 saturated carbocycles. The summed E-state index contributed by atoms with van der Waals surface area (Å²) >= 11 is 1.07. The SMILES string of the molecule is CC1CC(N2CCCCCCc3ccccc3-c3nc(sc3-n3ccc(OCC(C)(C)C(F)(F)F)n3)NS(=O)(=O)c3cccc2n3)C1. The number of fused-ring (bicyclic) bond motifs is 6. The molecule has 9 nitrogen and oxygen atoms in total. The number of aryl methyl sites for hydroxylation is 1. The first-order valence-electron chi connectivity index (χ1n) is 15.9. The van der Waals surface area contributed by atoms with Crippen LogP contribution in [0.4, 0.5) is 24.1 Å². The van der Waals surface area contributed by atoms with Gasteiger partial charge in [-0.05, 0) is 69.6 Å². The van der Waals surface area contributed by atoms with E-state index in [0.717, 1.165) is 87.8 Å². The summed E-state index contributed by atoms with van der Waals surface area (Å²) in [6.45, 7) is 4.58. The van der Waals surface area contributed by atoms with Crippen LogP contribution in [0.3, 0.4) is 0 Å². The molecule has 1 fully saturated rings. The normalized spacial score (nSPS) is 20.4. The fourth-order valence-electron chi connectivity index (χ4n) is 5.92. The standard InChI is InChI=1S/C33H39F3N6O3S2/c1-22-19-24(20-22)41-17-9-5-4-6-11-23-12-7-8-13-25(23)29-30(42-18-16-27(39-42)45-21-32(2,3)33(34,35)36)46-31(38-29)40-47(43,44)28-15-10-14-26(41)37-28/h7-8,10,12-16,18,22,24H,4-6,9,11,17,19-21H2,1-3H3,(H,38,40). The number of aromatic nitrogens is 4. The molecule has 6 rings (SSSR count). The molecule has 4 heterocycles. The minimum absolute atomic E-state index is 0.0120. The second-order valence-corrected chi connectivity index (χ2v) is 15.7. The largest absolute Gasteiger partial charge is 0.476 e. The Morgan fingerprint density at radius 3 is 2.53 bits per heavy atom. The zero-order valence-corrected chi connectivity index (χ0v) is 28.3. The molecule has 0 unspecified atom stereocenters. The van der Waals surface area contributed by atoms with E-state index in [1.165, 1.54) is 16.8 Å². The van der Waals surface area contributed by atoms with E-state index in [1.54, 1.807) is 12.3 Å². The van der Waals surface area contributed by atoms with Gasteiger partial charge in [0.25, 0.3) is 10.0 Å². The second-order valence-electron chi connectivity index (χ2n) is 13.1. The monoisotopic (exact) mass is 688 g/mol. The second kappa shape index (κ2) is 13.1. The minimum atomic E-state index is -4.45. The topological polar surface area (TPSA) is 102 Å². The molecule has 14 heteroatoms. The lowest BCUT2D eigenvalue weighted by atomic mass is 9.80. The molecule has 4 aromatic rings. The van der Waals surface area contributed by atoms with E-state index in [2.05, 4.69) is 26.6 Å². The van der Waals surface area contributed by atoms with Crippen LogP contribution >= 0.6 is 11.3 Å². The number of rotatable bonds is 5. The van der Waals surface area contributed by atoms with Gasteiger partial charge in [-0.2, -0.15) is 21.6 Å². The van der Waals surface area contributed by atoms with E-state index < -0.39 is 28.2 Å². The number of nitrogens with zero attached hydrogens (tertiary/aromatic N) is 5. The quantitative estimate of drug-likeness (QED) is 0.228. The van der Waals surface area contributed by atoms with Crippen molar-refractivity contribution in [3.05, 3.63) is 60.3 Å². The van der Waals surface area contributed by atoms with Gasteiger partial charge >= 0.3 is 6.18 Å². The molecule has 0 amide bonds. The molecular weight excluding hydrogens is 650 g/mol. The van der Waals surface area contributed by atoms with Gasteiger partial charge in [0.05, 0.1) is 5.41 Å². The molecule has 47 heavy (non-hydrogen) atoms. The van der Waals surface area contributed by atoms with E-state index in [1.807, 2.05) is 30.3 Å². The average molecular weight is 689 g/mol. The van der Waals surface area contributed by atoms with Crippen LogP contribution in [-0.2, 0) is 16.4 Å². The highest BCUT2D eigenvalue weighted by molar-refractivity contribution is 7.92. The van der Waals surface area contributed by atoms with Gasteiger partial charge < -0.3 is 9.64 Å². The molecule has 2 aliphatic rings. The van der Waals surface area contributed by atoms with Crippen LogP contribution in [0.5, 0.6) is 5.88 Å². The van der Waals surface area contributed by atoms with Gasteiger partial charge in [-0.25, -0.2) is 14.6 Å². The molecule has 1 aliphatic carbocycles. The van der Waals surface area contributed by atoms with E-state index >= 15 is 0 Å². The lowest BCUT2D eigenvalue weighted by Gasteiger charge is -2.42. The molecule has 1 aliphatic heterocycles. The summed E-state index contributed by atoms with van der Waals surface area (Å²) in [4.78, 5) is 11.6. The summed E-state index contributed by atoms with van der Waals surface area (Å²) in [6, 6.07) is 14.7. The van der Waals surface area contributed by atoms with Crippen molar-refractivity contribution in [1.29, 1.82) is 0 Å². The van der Waals surface area contributed by atoms with Gasteiger partial charge in [0, 0.05) is 30.4 Å². The van der Waals surface area contributed by atoms with Crippen LogP contribution in [0.2, 0.25) is 0 Å². The van der Waals surface area contributed by atoms with Crippen LogP contribution in [0.25, 0.3) is 16.3 Å². The molecule has 0 saturated heterocycles. The van der Waals surface area contributed by atoms with Crippen molar-refractivity contribution in [3.63, 3.8) is 0 Å². The Balaban J connectivity index is 1.37. The number of ether oxygens (including phenoxy) is 1. The maximum Gasteiger partial charge on any atom is 0.397 e. The number of hydrogen-bond acceptors (Lipinski definition) is 8. The van der Waals surface area contributed by atoms with Crippen molar-refractivity contribution in [2.24, 2.45) is 11.3 Å². The number of sulfonamides is 1. The van der Waals surface area contributed by atoms with Gasteiger partial charge in [0.2, 0.25) is 5.88 Å². The Morgan fingerprint density at radius 1 is 1.00 bits per heavy atom. The van der Waals surface area contributed by atoms with E-state index in [4.69, 9.17) is 9.72 Å². The molecule has 0 radical (unpaired) electrons. The Kier molecular flexibility index (Phi) is 9.27. The Morgan fingerprint density at radius 2 is 1.77 bits per heavy atom. The van der Waals surface area contributed by atoms with Crippen molar-refractivity contribution in [3.8, 4) is 22.1 Å². The van der Waals surface area contributed by atoms with Crippen LogP contribution < -0.4 is 14.4 Å². The molecule has 0 atom stereocenters. The molecule has 252 valence electrons. The van der Waals surface area contributed by atoms with Gasteiger partial charge in [-0.3, -0.25) is 4.72 Å². The third-order valence-electron chi connectivity index (χ3n) is 8.89. The van der Waals surface area contributed by atoms with E-state index in [9.17, 15) is 21.6 Å². The molecular formula is C33H39F3N6O3S2. The molecule has 1 N–H and O–H groups in total. The summed E-state index contributed by atoms with van der Waals surface area (Å²) in [5.74, 6) is 1.30. The third kappa shape index (κ3) is 7.28. The average Bonchev–Trinajstić information content (AvgIpc) is 3.65. The number of nitrogens with one attached hydrogen (secondary N) is 1. The summed E-state index contributed by atoms with van der Waals surface area (Å²) < 4.78 is 77.3. The highest BCUT2D eigenvalue weighted by Gasteiger charge is 2.48. The highest BCUT2D eigenvalue weighted by atomic mass is 32.2. The Labute approximate surface area is 277 Å². The summed E-state index contributed by atoms with van der Waals surface area (Å²) in [6.07, 6.45) is 4.06. The third-order valence-corrected chi connectivity index (χ3v) is 11.2. The Bertz CT molecular complexity index is 1820. The zero-order valence-electron chi connectivity index (χ0n) is 26.6. The van der Waals surface area contributed by atoms with Crippen molar-refractivity contribution in [1.82, 2.24) is 19.7 Å². The van der Waals surface area contributed by atoms with Gasteiger partial charge in [-0.15, -0.1) is 5.10 Å². The maximum atomic E-state index is 13.7. The molecule has 3 aromatic heterocycles. The van der Waals surface area contributed by atoms with Gasteiger partial charge in [-0.1, -0.05) is 61.4 Å². The first-order valence-corrected chi connectivity index (χ1v) is 18.2. The lowest BCUT2D eigenvalue weighted by molar-refractivity contribution is -0.219. The maximum absolute atomic E-state index is 13.7. The number of anilines is 2. The molecule has 4 bridgehead atoms. The molecule has 1 aromatic carbocycles. The number of benzene rings is 1. The predicted molar refractivity (Wildman–Crippen MR) is 177 cm³/mol. The van der Waals surface area contributed by atoms with Gasteiger partial charge in [0.1, 0.15) is 23.1 Å². The van der Waals surface area contributed by atoms with Crippen molar-refractivity contribution in [2.45, 2.75) is 83.0 Å². The number of hydrogen-bond donors (Lipinski definition) is 1. The van der Waals surface area contributed by atoms with Crippen LogP contribution in [-0.4, -0.2) is 53.5 Å². The van der Waals surface area contributed by atoms with E-state index in [-0.39, 0.29) is 16.0 Å². The first-order chi connectivity index (χ1) is 22.3. The van der Waals surface area contributed by atoms with Crippen LogP contribution in [0, 0.1) is 11.3 Å². The fraction of sp³-hybridized carbons (Fsp3) is 0.485. The smallest absolute Gasteiger partial charge is 0.397 e. The van der Waals surface area contributed by atoms with Gasteiger partial charge in [0.15, 0.2) is 10.2 Å². The zero-order chi connectivity index (χ0) is 33.4. The number of pyridine rings is 1. The molecule has 0 spiro atoms. The van der Waals surface area contributed by atoms with E-state index in [0.29, 0.717) is 28.5 Å². The van der Waals surface area contributed by atoms with Crippen LogP contribution in [0.1, 0.15) is 64.9 Å². The van der Waals surface area contributed by atoms with Crippen molar-refractivity contribution in [2.75, 3.05) is 22.8 Å².